The fourth-order valence-corrected chi connectivity index (χ4v) is 2.38. The van der Waals surface area contributed by atoms with Gasteiger partial charge >= 0.3 is 0 Å². The van der Waals surface area contributed by atoms with Crippen molar-refractivity contribution in [2.45, 2.75) is 19.3 Å². The molecule has 1 aliphatic heterocycles. The van der Waals surface area contributed by atoms with E-state index < -0.39 is 0 Å². The Hall–Kier alpha value is -2.08. The molecule has 2 aromatic rings. The first-order valence-corrected chi connectivity index (χ1v) is 7.10. The van der Waals surface area contributed by atoms with Crippen molar-refractivity contribution in [1.82, 2.24) is 10.1 Å². The normalized spacial score (nSPS) is 16.2. The Morgan fingerprint density at radius 3 is 2.48 bits per heavy atom. The van der Waals surface area contributed by atoms with Crippen molar-refractivity contribution in [3.05, 3.63) is 35.7 Å². The molecule has 0 amide bonds. The van der Waals surface area contributed by atoms with Crippen LogP contribution in [0.5, 0.6) is 0 Å². The molecule has 6 nitrogen and oxygen atoms in total. The quantitative estimate of drug-likeness (QED) is 0.868. The number of nitrogens with two attached hydrogens (primary N) is 1. The predicted molar refractivity (Wildman–Crippen MR) is 80.3 cm³/mol. The van der Waals surface area contributed by atoms with Crippen LogP contribution in [0.25, 0.3) is 0 Å². The Balaban J connectivity index is 1.85. The summed E-state index contributed by atoms with van der Waals surface area (Å²) in [6, 6.07) is 7.76. The molecule has 1 aromatic carbocycles. The number of anilines is 2. The summed E-state index contributed by atoms with van der Waals surface area (Å²) in [5.74, 6) is 1.24. The number of benzene rings is 1. The number of nitrogen functional groups attached to an aromatic ring is 1. The van der Waals surface area contributed by atoms with Gasteiger partial charge in [0.2, 0.25) is 5.89 Å². The van der Waals surface area contributed by atoms with Crippen LogP contribution in [-0.4, -0.2) is 36.4 Å². The van der Waals surface area contributed by atoms with E-state index in [1.807, 2.05) is 24.3 Å². The highest BCUT2D eigenvalue weighted by Gasteiger charge is 2.31. The van der Waals surface area contributed by atoms with Crippen LogP contribution in [0.4, 0.5) is 11.6 Å². The van der Waals surface area contributed by atoms with Crippen molar-refractivity contribution >= 4 is 11.6 Å². The van der Waals surface area contributed by atoms with Gasteiger partial charge in [-0.05, 0) is 36.7 Å². The Labute approximate surface area is 123 Å². The summed E-state index contributed by atoms with van der Waals surface area (Å²) in [7, 11) is 0. The van der Waals surface area contributed by atoms with Crippen LogP contribution in [0.15, 0.2) is 28.8 Å². The average molecular weight is 288 g/mol. The highest BCUT2D eigenvalue weighted by Crippen LogP contribution is 2.31. The van der Waals surface area contributed by atoms with E-state index in [0.29, 0.717) is 25.1 Å². The smallest absolute Gasteiger partial charge is 0.266 e. The van der Waals surface area contributed by atoms with Crippen LogP contribution in [0.3, 0.4) is 0 Å². The van der Waals surface area contributed by atoms with Gasteiger partial charge in [0.1, 0.15) is 0 Å². The molecule has 112 valence electrons. The lowest BCUT2D eigenvalue weighted by atomic mass is 9.84. The minimum Gasteiger partial charge on any atom is -0.399 e. The topological polar surface area (TPSA) is 77.4 Å². The minimum atomic E-state index is -0.356. The first-order chi connectivity index (χ1) is 10.1. The standard InChI is InChI=1S/C15H20N4O2/c1-15(2,11-3-5-12(16)6-4-11)13-17-14(18-21-13)19-7-9-20-10-8-19/h3-6H,7-10,16H2,1-2H3. The molecule has 2 heterocycles. The maximum absolute atomic E-state index is 5.74. The SMILES string of the molecule is CC(C)(c1ccc(N)cc1)c1nc(N2CCOCC2)no1. The predicted octanol–water partition coefficient (Wildman–Crippen LogP) is 1.81. The van der Waals surface area contributed by atoms with Crippen molar-refractivity contribution in [2.24, 2.45) is 0 Å². The number of hydrogen-bond acceptors (Lipinski definition) is 6. The van der Waals surface area contributed by atoms with E-state index in [-0.39, 0.29) is 5.41 Å². The van der Waals surface area contributed by atoms with Crippen LogP contribution in [-0.2, 0) is 10.2 Å². The third-order valence-corrected chi connectivity index (χ3v) is 3.88. The first kappa shape index (κ1) is 13.9. The van der Waals surface area contributed by atoms with Gasteiger partial charge < -0.3 is 19.9 Å². The summed E-state index contributed by atoms with van der Waals surface area (Å²) in [4.78, 5) is 6.64. The largest absolute Gasteiger partial charge is 0.399 e. The van der Waals surface area contributed by atoms with E-state index in [4.69, 9.17) is 15.0 Å². The number of nitrogens with zero attached hydrogens (tertiary/aromatic N) is 3. The number of ether oxygens (including phenoxy) is 1. The van der Waals surface area contributed by atoms with Gasteiger partial charge in [0.15, 0.2) is 0 Å². The van der Waals surface area contributed by atoms with Gasteiger partial charge in [0.25, 0.3) is 5.95 Å². The van der Waals surface area contributed by atoms with E-state index in [9.17, 15) is 0 Å². The third-order valence-electron chi connectivity index (χ3n) is 3.88. The zero-order valence-corrected chi connectivity index (χ0v) is 12.4. The Kier molecular flexibility index (Phi) is 3.55. The van der Waals surface area contributed by atoms with Gasteiger partial charge in [0, 0.05) is 18.8 Å². The molecule has 1 fully saturated rings. The van der Waals surface area contributed by atoms with Crippen molar-refractivity contribution in [3.63, 3.8) is 0 Å². The minimum absolute atomic E-state index is 0.356. The number of aromatic nitrogens is 2. The summed E-state index contributed by atoms with van der Waals surface area (Å²) < 4.78 is 10.8. The molecule has 0 aliphatic carbocycles. The zero-order chi connectivity index (χ0) is 14.9. The van der Waals surface area contributed by atoms with Crippen LogP contribution in [0.2, 0.25) is 0 Å². The summed E-state index contributed by atoms with van der Waals surface area (Å²) in [5, 5.41) is 4.11. The monoisotopic (exact) mass is 288 g/mol. The second kappa shape index (κ2) is 5.37. The average Bonchev–Trinajstić information content (AvgIpc) is 2.99. The van der Waals surface area contributed by atoms with Gasteiger partial charge in [-0.2, -0.15) is 4.98 Å². The molecule has 0 radical (unpaired) electrons. The summed E-state index contributed by atoms with van der Waals surface area (Å²) in [5.41, 5.74) is 7.22. The van der Waals surface area contributed by atoms with E-state index in [0.717, 1.165) is 24.3 Å². The molecule has 0 spiro atoms. The molecule has 1 saturated heterocycles. The van der Waals surface area contributed by atoms with Crippen LogP contribution in [0.1, 0.15) is 25.3 Å². The lowest BCUT2D eigenvalue weighted by Gasteiger charge is -2.25. The lowest BCUT2D eigenvalue weighted by Crippen LogP contribution is -2.37. The molecular formula is C15H20N4O2. The first-order valence-electron chi connectivity index (χ1n) is 7.10. The van der Waals surface area contributed by atoms with Crippen LogP contribution in [0, 0.1) is 0 Å². The summed E-state index contributed by atoms with van der Waals surface area (Å²) in [6.45, 7) is 7.11. The fourth-order valence-electron chi connectivity index (χ4n) is 2.38. The van der Waals surface area contributed by atoms with Crippen LogP contribution < -0.4 is 10.6 Å². The van der Waals surface area contributed by atoms with E-state index in [1.54, 1.807) is 0 Å². The lowest BCUT2D eigenvalue weighted by molar-refractivity contribution is 0.121. The van der Waals surface area contributed by atoms with Crippen molar-refractivity contribution in [1.29, 1.82) is 0 Å². The third kappa shape index (κ3) is 2.71. The van der Waals surface area contributed by atoms with Gasteiger partial charge in [-0.25, -0.2) is 0 Å². The van der Waals surface area contributed by atoms with Crippen LogP contribution >= 0.6 is 0 Å². The molecule has 6 heteroatoms. The molecule has 1 aliphatic rings. The van der Waals surface area contributed by atoms with Gasteiger partial charge in [-0.15, -0.1) is 0 Å². The van der Waals surface area contributed by atoms with E-state index in [1.165, 1.54) is 0 Å². The molecule has 3 rings (SSSR count). The van der Waals surface area contributed by atoms with Crippen molar-refractivity contribution < 1.29 is 9.26 Å². The number of rotatable bonds is 3. The summed E-state index contributed by atoms with van der Waals surface area (Å²) in [6.07, 6.45) is 0. The second-order valence-electron chi connectivity index (χ2n) is 5.75. The van der Waals surface area contributed by atoms with E-state index in [2.05, 4.69) is 28.9 Å². The molecule has 2 N–H and O–H groups in total. The Morgan fingerprint density at radius 2 is 1.81 bits per heavy atom. The van der Waals surface area contributed by atoms with Gasteiger partial charge in [-0.3, -0.25) is 0 Å². The summed E-state index contributed by atoms with van der Waals surface area (Å²) >= 11 is 0. The highest BCUT2D eigenvalue weighted by molar-refractivity contribution is 5.43. The molecule has 21 heavy (non-hydrogen) atoms. The molecule has 0 saturated carbocycles. The fraction of sp³-hybridized carbons (Fsp3) is 0.467. The van der Waals surface area contributed by atoms with Crippen molar-refractivity contribution in [2.75, 3.05) is 36.9 Å². The van der Waals surface area contributed by atoms with Crippen molar-refractivity contribution in [3.8, 4) is 0 Å². The molecular weight excluding hydrogens is 268 g/mol. The second-order valence-corrected chi connectivity index (χ2v) is 5.75. The van der Waals surface area contributed by atoms with E-state index >= 15 is 0 Å². The molecule has 0 bridgehead atoms. The number of morpholine rings is 1. The Bertz CT molecular complexity index is 600. The molecule has 1 aromatic heterocycles. The Morgan fingerprint density at radius 1 is 1.14 bits per heavy atom. The highest BCUT2D eigenvalue weighted by atomic mass is 16.5. The van der Waals surface area contributed by atoms with Gasteiger partial charge in [0.05, 0.1) is 18.6 Å². The molecule has 0 atom stereocenters. The zero-order valence-electron chi connectivity index (χ0n) is 12.4. The van der Waals surface area contributed by atoms with Gasteiger partial charge in [-0.1, -0.05) is 12.1 Å². The maximum Gasteiger partial charge on any atom is 0.266 e. The molecule has 0 unspecified atom stereocenters. The maximum atomic E-state index is 5.74. The number of hydrogen-bond donors (Lipinski definition) is 1.